The third kappa shape index (κ3) is 3.58. The summed E-state index contributed by atoms with van der Waals surface area (Å²) in [6.45, 7) is 2.96. The van der Waals surface area contributed by atoms with E-state index in [2.05, 4.69) is 56.2 Å². The summed E-state index contributed by atoms with van der Waals surface area (Å²) in [6.07, 6.45) is 0. The average molecular weight is 410 g/mol. The largest absolute Gasteiger partial charge is 0.305 e. The molecular formula is C13H12Br2ClNS. The standard InChI is InChI=1S/C13H12Br2ClNS/c1-8(10-4-2-3-5-12(10)16)17-7-9-6-11(14)13(15)18-9/h2-6,8,17H,7H2,1H3/t8-/m0/s1. The highest BCUT2D eigenvalue weighted by molar-refractivity contribution is 9.13. The zero-order valence-electron chi connectivity index (χ0n) is 9.71. The van der Waals surface area contributed by atoms with Crippen LogP contribution in [0.5, 0.6) is 0 Å². The topological polar surface area (TPSA) is 12.0 Å². The van der Waals surface area contributed by atoms with Gasteiger partial charge in [-0.15, -0.1) is 11.3 Å². The maximum atomic E-state index is 6.18. The zero-order valence-corrected chi connectivity index (χ0v) is 14.5. The Kier molecular flexibility index (Phi) is 5.27. The van der Waals surface area contributed by atoms with Crippen LogP contribution in [0.2, 0.25) is 5.02 Å². The molecule has 0 unspecified atom stereocenters. The Hall–Kier alpha value is 0.130. The van der Waals surface area contributed by atoms with Crippen LogP contribution in [0.4, 0.5) is 0 Å². The second kappa shape index (κ2) is 6.53. The molecule has 1 aromatic carbocycles. The van der Waals surface area contributed by atoms with Crippen molar-refractivity contribution in [1.29, 1.82) is 0 Å². The molecule has 0 saturated carbocycles. The Morgan fingerprint density at radius 2 is 2.06 bits per heavy atom. The molecule has 1 aromatic heterocycles. The number of halogens is 3. The van der Waals surface area contributed by atoms with Gasteiger partial charge in [-0.3, -0.25) is 0 Å². The van der Waals surface area contributed by atoms with Crippen molar-refractivity contribution in [3.63, 3.8) is 0 Å². The van der Waals surface area contributed by atoms with Crippen molar-refractivity contribution in [2.75, 3.05) is 0 Å². The van der Waals surface area contributed by atoms with Gasteiger partial charge in [0.25, 0.3) is 0 Å². The summed E-state index contributed by atoms with van der Waals surface area (Å²) >= 11 is 14.9. The molecule has 0 amide bonds. The molecule has 18 heavy (non-hydrogen) atoms. The van der Waals surface area contributed by atoms with Gasteiger partial charge in [0, 0.05) is 27.0 Å². The van der Waals surface area contributed by atoms with Crippen molar-refractivity contribution in [3.05, 3.63) is 54.1 Å². The number of rotatable bonds is 4. The molecule has 1 heterocycles. The van der Waals surface area contributed by atoms with Gasteiger partial charge in [0.15, 0.2) is 0 Å². The third-order valence-corrected chi connectivity index (χ3v) is 6.25. The Bertz CT molecular complexity index is 522. The molecule has 0 spiro atoms. The van der Waals surface area contributed by atoms with Gasteiger partial charge in [0.05, 0.1) is 3.79 Å². The molecule has 2 rings (SSSR count). The SMILES string of the molecule is C[C@H](NCc1cc(Br)c(Br)s1)c1ccccc1Cl. The molecule has 2 aromatic rings. The first kappa shape index (κ1) is 14.5. The molecular weight excluding hydrogens is 397 g/mol. The Morgan fingerprint density at radius 3 is 2.67 bits per heavy atom. The second-order valence-electron chi connectivity index (χ2n) is 3.96. The van der Waals surface area contributed by atoms with Crippen molar-refractivity contribution in [2.24, 2.45) is 0 Å². The van der Waals surface area contributed by atoms with E-state index in [9.17, 15) is 0 Å². The molecule has 1 nitrogen and oxygen atoms in total. The number of thiophene rings is 1. The molecule has 96 valence electrons. The van der Waals surface area contributed by atoms with Crippen molar-refractivity contribution in [3.8, 4) is 0 Å². The van der Waals surface area contributed by atoms with E-state index in [1.54, 1.807) is 11.3 Å². The fourth-order valence-corrected chi connectivity index (χ4v) is 4.10. The van der Waals surface area contributed by atoms with E-state index in [4.69, 9.17) is 11.6 Å². The monoisotopic (exact) mass is 407 g/mol. The number of hydrogen-bond donors (Lipinski definition) is 1. The van der Waals surface area contributed by atoms with Crippen LogP contribution in [-0.2, 0) is 6.54 Å². The quantitative estimate of drug-likeness (QED) is 0.675. The Labute approximate surface area is 133 Å². The van der Waals surface area contributed by atoms with Gasteiger partial charge in [-0.25, -0.2) is 0 Å². The summed E-state index contributed by atoms with van der Waals surface area (Å²) in [5, 5.41) is 4.29. The first-order valence-corrected chi connectivity index (χ1v) is 8.27. The molecule has 0 saturated heterocycles. The summed E-state index contributed by atoms with van der Waals surface area (Å²) in [4.78, 5) is 1.28. The lowest BCUT2D eigenvalue weighted by molar-refractivity contribution is 0.579. The maximum absolute atomic E-state index is 6.18. The van der Waals surface area contributed by atoms with Crippen LogP contribution in [0.3, 0.4) is 0 Å². The lowest BCUT2D eigenvalue weighted by Gasteiger charge is -2.14. The predicted octanol–water partition coefficient (Wildman–Crippen LogP) is 5.78. The van der Waals surface area contributed by atoms with Crippen LogP contribution >= 0.6 is 54.8 Å². The number of nitrogens with one attached hydrogen (secondary N) is 1. The fraction of sp³-hybridized carbons (Fsp3) is 0.231. The zero-order chi connectivity index (χ0) is 13.1. The molecule has 0 bridgehead atoms. The van der Waals surface area contributed by atoms with Crippen LogP contribution in [0, 0.1) is 0 Å². The van der Waals surface area contributed by atoms with Crippen LogP contribution in [0.1, 0.15) is 23.4 Å². The van der Waals surface area contributed by atoms with Gasteiger partial charge >= 0.3 is 0 Å². The van der Waals surface area contributed by atoms with Crippen LogP contribution in [0.25, 0.3) is 0 Å². The molecule has 0 radical (unpaired) electrons. The third-order valence-electron chi connectivity index (χ3n) is 2.65. The molecule has 1 atom stereocenters. The van der Waals surface area contributed by atoms with Crippen LogP contribution in [0.15, 0.2) is 38.6 Å². The normalized spacial score (nSPS) is 12.7. The van der Waals surface area contributed by atoms with E-state index in [1.807, 2.05) is 18.2 Å². The van der Waals surface area contributed by atoms with E-state index < -0.39 is 0 Å². The predicted molar refractivity (Wildman–Crippen MR) is 86.4 cm³/mol. The Balaban J connectivity index is 2.00. The molecule has 5 heteroatoms. The highest BCUT2D eigenvalue weighted by Gasteiger charge is 2.10. The Morgan fingerprint density at radius 1 is 1.33 bits per heavy atom. The van der Waals surface area contributed by atoms with Gasteiger partial charge in [-0.05, 0) is 56.5 Å². The summed E-state index contributed by atoms with van der Waals surface area (Å²) < 4.78 is 2.24. The average Bonchev–Trinajstić information content (AvgIpc) is 2.66. The summed E-state index contributed by atoms with van der Waals surface area (Å²) in [5.74, 6) is 0. The first-order chi connectivity index (χ1) is 8.58. The van der Waals surface area contributed by atoms with Crippen molar-refractivity contribution < 1.29 is 0 Å². The first-order valence-electron chi connectivity index (χ1n) is 5.49. The van der Waals surface area contributed by atoms with Gasteiger partial charge in [-0.1, -0.05) is 29.8 Å². The van der Waals surface area contributed by atoms with Gasteiger partial charge in [0.1, 0.15) is 0 Å². The smallest absolute Gasteiger partial charge is 0.0843 e. The molecule has 0 fully saturated rings. The summed E-state index contributed by atoms with van der Waals surface area (Å²) in [7, 11) is 0. The van der Waals surface area contributed by atoms with Crippen molar-refractivity contribution >= 4 is 54.8 Å². The maximum Gasteiger partial charge on any atom is 0.0843 e. The minimum atomic E-state index is 0.235. The van der Waals surface area contributed by atoms with Gasteiger partial charge in [-0.2, -0.15) is 0 Å². The van der Waals surface area contributed by atoms with Gasteiger partial charge in [0.2, 0.25) is 0 Å². The van der Waals surface area contributed by atoms with E-state index >= 15 is 0 Å². The van der Waals surface area contributed by atoms with E-state index in [0.717, 1.165) is 25.4 Å². The second-order valence-corrected chi connectivity index (χ2v) is 7.67. The van der Waals surface area contributed by atoms with Gasteiger partial charge < -0.3 is 5.32 Å². The van der Waals surface area contributed by atoms with E-state index in [1.165, 1.54) is 4.88 Å². The van der Waals surface area contributed by atoms with E-state index in [-0.39, 0.29) is 6.04 Å². The summed E-state index contributed by atoms with van der Waals surface area (Å²) in [6, 6.07) is 10.3. The highest BCUT2D eigenvalue weighted by atomic mass is 79.9. The minimum absolute atomic E-state index is 0.235. The summed E-state index contributed by atoms with van der Waals surface area (Å²) in [5.41, 5.74) is 1.13. The number of benzene rings is 1. The van der Waals surface area contributed by atoms with Crippen molar-refractivity contribution in [2.45, 2.75) is 19.5 Å². The molecule has 0 aliphatic carbocycles. The molecule has 0 aliphatic heterocycles. The fourth-order valence-electron chi connectivity index (χ4n) is 1.67. The minimum Gasteiger partial charge on any atom is -0.305 e. The van der Waals surface area contributed by atoms with Crippen LogP contribution in [-0.4, -0.2) is 0 Å². The molecule has 0 aliphatic rings. The lowest BCUT2D eigenvalue weighted by atomic mass is 10.1. The highest BCUT2D eigenvalue weighted by Crippen LogP contribution is 2.32. The molecule has 1 N–H and O–H groups in total. The number of hydrogen-bond acceptors (Lipinski definition) is 2. The van der Waals surface area contributed by atoms with Crippen molar-refractivity contribution in [1.82, 2.24) is 5.32 Å². The lowest BCUT2D eigenvalue weighted by Crippen LogP contribution is -2.17. The van der Waals surface area contributed by atoms with E-state index in [0.29, 0.717) is 0 Å². The van der Waals surface area contributed by atoms with Crippen LogP contribution < -0.4 is 5.32 Å².